The number of carbonyl (C=O) groups excluding carboxylic acids is 3. The molecule has 3 N–H and O–H groups in total. The molecule has 1 fully saturated rings. The fourth-order valence-corrected chi connectivity index (χ4v) is 4.80. The molecule has 0 radical (unpaired) electrons. The van der Waals surface area contributed by atoms with E-state index in [1.807, 2.05) is 0 Å². The summed E-state index contributed by atoms with van der Waals surface area (Å²) in [6.07, 6.45) is 3.57. The molecule has 1 saturated carbocycles. The van der Waals surface area contributed by atoms with Crippen LogP contribution in [0.1, 0.15) is 49.9 Å². The smallest absolute Gasteiger partial charge is 0.408 e. The number of benzene rings is 1. The zero-order chi connectivity index (χ0) is 27.1. The van der Waals surface area contributed by atoms with Gasteiger partial charge in [0.15, 0.2) is 5.54 Å². The molecule has 1 aliphatic carbocycles. The number of nitrogens with one attached hydrogen (secondary N) is 3. The SMILES string of the molecule is CCOC(=O)[C@@](C)(CNC(=O)C1CC(Cc2ccc3c(n2)NCCC3)C1)NC(=O)OCc1cccc(F)c1. The first-order chi connectivity index (χ1) is 18.3. The van der Waals surface area contributed by atoms with Gasteiger partial charge in [-0.1, -0.05) is 18.2 Å². The van der Waals surface area contributed by atoms with Gasteiger partial charge < -0.3 is 25.4 Å². The van der Waals surface area contributed by atoms with Crippen LogP contribution < -0.4 is 16.0 Å². The van der Waals surface area contributed by atoms with Crippen LogP contribution in [0.5, 0.6) is 0 Å². The van der Waals surface area contributed by atoms with E-state index in [2.05, 4.69) is 28.1 Å². The van der Waals surface area contributed by atoms with Gasteiger partial charge >= 0.3 is 12.1 Å². The van der Waals surface area contributed by atoms with Gasteiger partial charge in [0.05, 0.1) is 13.2 Å². The van der Waals surface area contributed by atoms with Gasteiger partial charge in [-0.2, -0.15) is 0 Å². The Morgan fingerprint density at radius 2 is 2.00 bits per heavy atom. The number of hydrogen-bond donors (Lipinski definition) is 3. The molecule has 2 aromatic rings. The lowest BCUT2D eigenvalue weighted by Crippen LogP contribution is -2.60. The van der Waals surface area contributed by atoms with Crippen molar-refractivity contribution in [3.05, 3.63) is 59.0 Å². The van der Waals surface area contributed by atoms with E-state index in [1.165, 1.54) is 30.7 Å². The molecule has 1 aliphatic heterocycles. The van der Waals surface area contributed by atoms with Crippen LogP contribution in [0.25, 0.3) is 0 Å². The number of fused-ring (bicyclic) bond motifs is 1. The Morgan fingerprint density at radius 1 is 1.18 bits per heavy atom. The number of alkyl carbamates (subject to hydrolysis) is 1. The van der Waals surface area contributed by atoms with Gasteiger partial charge in [-0.05, 0) is 81.2 Å². The minimum Gasteiger partial charge on any atom is -0.464 e. The highest BCUT2D eigenvalue weighted by atomic mass is 19.1. The summed E-state index contributed by atoms with van der Waals surface area (Å²) in [6.45, 7) is 3.85. The largest absolute Gasteiger partial charge is 0.464 e. The van der Waals surface area contributed by atoms with Crippen molar-refractivity contribution in [3.63, 3.8) is 0 Å². The molecule has 1 aromatic carbocycles. The van der Waals surface area contributed by atoms with Crippen molar-refractivity contribution in [2.45, 2.75) is 58.1 Å². The quantitative estimate of drug-likeness (QED) is 0.406. The number of aromatic nitrogens is 1. The van der Waals surface area contributed by atoms with E-state index < -0.39 is 23.4 Å². The van der Waals surface area contributed by atoms with Crippen molar-refractivity contribution in [2.75, 3.05) is 25.0 Å². The van der Waals surface area contributed by atoms with E-state index in [0.29, 0.717) is 11.5 Å². The minimum atomic E-state index is -1.53. The van der Waals surface area contributed by atoms with Crippen LogP contribution in [-0.2, 0) is 38.5 Å². The maximum absolute atomic E-state index is 13.4. The third-order valence-electron chi connectivity index (χ3n) is 7.04. The number of carbonyl (C=O) groups is 3. The highest BCUT2D eigenvalue weighted by Gasteiger charge is 2.40. The lowest BCUT2D eigenvalue weighted by Gasteiger charge is -2.35. The standard InChI is InChI=1S/C28H35FN4O5/c1-3-37-26(35)28(2,33-27(36)38-16-18-6-4-8-22(29)14-18)17-31-25(34)21-12-19(13-21)15-23-10-9-20-7-5-11-30-24(20)32-23/h4,6,8-10,14,19,21H,3,5,7,11-13,15-17H2,1-2H3,(H,30,32)(H,31,34)(H,33,36)/t19?,21?,28-/m1/s1. The highest BCUT2D eigenvalue weighted by Crippen LogP contribution is 2.36. The van der Waals surface area contributed by atoms with Crippen molar-refractivity contribution in [1.29, 1.82) is 0 Å². The maximum atomic E-state index is 13.4. The van der Waals surface area contributed by atoms with Crippen molar-refractivity contribution in [1.82, 2.24) is 15.6 Å². The number of esters is 1. The lowest BCUT2D eigenvalue weighted by molar-refractivity contribution is -0.150. The molecule has 0 saturated heterocycles. The molecule has 10 heteroatoms. The van der Waals surface area contributed by atoms with E-state index in [0.717, 1.165) is 50.2 Å². The summed E-state index contributed by atoms with van der Waals surface area (Å²) in [5.41, 5.74) is 1.21. The van der Waals surface area contributed by atoms with Crippen LogP contribution in [-0.4, -0.2) is 48.2 Å². The second-order valence-corrected chi connectivity index (χ2v) is 10.2. The Bertz CT molecular complexity index is 1170. The average molecular weight is 527 g/mol. The Kier molecular flexibility index (Phi) is 8.81. The van der Waals surface area contributed by atoms with Gasteiger partial charge in [0.1, 0.15) is 18.2 Å². The second kappa shape index (κ2) is 12.2. The van der Waals surface area contributed by atoms with Crippen LogP contribution in [0.3, 0.4) is 0 Å². The molecule has 9 nitrogen and oxygen atoms in total. The summed E-state index contributed by atoms with van der Waals surface area (Å²) in [4.78, 5) is 42.6. The van der Waals surface area contributed by atoms with Gasteiger partial charge in [-0.15, -0.1) is 0 Å². The number of hydrogen-bond acceptors (Lipinski definition) is 7. The van der Waals surface area contributed by atoms with Crippen molar-refractivity contribution in [2.24, 2.45) is 11.8 Å². The Labute approximate surface area is 221 Å². The van der Waals surface area contributed by atoms with Crippen LogP contribution in [0, 0.1) is 17.7 Å². The molecule has 0 bridgehead atoms. The number of amides is 2. The number of nitrogens with zero attached hydrogens (tertiary/aromatic N) is 1. The predicted octanol–water partition coefficient (Wildman–Crippen LogP) is 3.51. The summed E-state index contributed by atoms with van der Waals surface area (Å²) in [5, 5.41) is 8.65. The molecule has 2 heterocycles. The van der Waals surface area contributed by atoms with Crippen LogP contribution >= 0.6 is 0 Å². The summed E-state index contributed by atoms with van der Waals surface area (Å²) < 4.78 is 23.6. The Morgan fingerprint density at radius 3 is 2.76 bits per heavy atom. The normalized spacial score (nSPS) is 19.6. The Hall–Kier alpha value is -3.69. The Balaban J connectivity index is 1.25. The molecule has 2 aliphatic rings. The van der Waals surface area contributed by atoms with E-state index in [4.69, 9.17) is 14.5 Å². The van der Waals surface area contributed by atoms with Gasteiger partial charge in [-0.3, -0.25) is 4.79 Å². The lowest BCUT2D eigenvalue weighted by atomic mass is 9.72. The van der Waals surface area contributed by atoms with Crippen molar-refractivity contribution in [3.8, 4) is 0 Å². The number of rotatable bonds is 10. The van der Waals surface area contributed by atoms with Gasteiger partial charge in [0.25, 0.3) is 0 Å². The van der Waals surface area contributed by atoms with E-state index in [1.54, 1.807) is 13.0 Å². The summed E-state index contributed by atoms with van der Waals surface area (Å²) in [5.74, 6) is -0.134. The minimum absolute atomic E-state index is 0.110. The third-order valence-corrected chi connectivity index (χ3v) is 7.04. The molecule has 1 atom stereocenters. The van der Waals surface area contributed by atoms with Crippen LogP contribution in [0.4, 0.5) is 15.0 Å². The first-order valence-corrected chi connectivity index (χ1v) is 13.1. The van der Waals surface area contributed by atoms with Gasteiger partial charge in [-0.25, -0.2) is 19.0 Å². The highest BCUT2D eigenvalue weighted by molar-refractivity contribution is 5.87. The number of ether oxygens (including phenoxy) is 2. The van der Waals surface area contributed by atoms with Crippen molar-refractivity contribution < 1.29 is 28.2 Å². The van der Waals surface area contributed by atoms with Gasteiger partial charge in [0.2, 0.25) is 5.91 Å². The first-order valence-electron chi connectivity index (χ1n) is 13.1. The molecule has 0 unspecified atom stereocenters. The number of aryl methyl sites for hydroxylation is 1. The number of halogens is 1. The summed E-state index contributed by atoms with van der Waals surface area (Å²) >= 11 is 0. The van der Waals surface area contributed by atoms with Crippen LogP contribution in [0.15, 0.2) is 36.4 Å². The monoisotopic (exact) mass is 526 g/mol. The molecule has 4 rings (SSSR count). The fraction of sp³-hybridized carbons (Fsp3) is 0.500. The fourth-order valence-electron chi connectivity index (χ4n) is 4.80. The molecular formula is C28H35FN4O5. The summed E-state index contributed by atoms with van der Waals surface area (Å²) in [7, 11) is 0. The van der Waals surface area contributed by atoms with E-state index >= 15 is 0 Å². The van der Waals surface area contributed by atoms with Gasteiger partial charge in [0, 0.05) is 18.2 Å². The van der Waals surface area contributed by atoms with Crippen LogP contribution in [0.2, 0.25) is 0 Å². The summed E-state index contributed by atoms with van der Waals surface area (Å²) in [6, 6.07) is 9.88. The van der Waals surface area contributed by atoms with Crippen molar-refractivity contribution >= 4 is 23.8 Å². The zero-order valence-electron chi connectivity index (χ0n) is 21.8. The predicted molar refractivity (Wildman–Crippen MR) is 139 cm³/mol. The number of pyridine rings is 1. The molecule has 38 heavy (non-hydrogen) atoms. The zero-order valence-corrected chi connectivity index (χ0v) is 21.8. The first kappa shape index (κ1) is 27.3. The van der Waals surface area contributed by atoms with E-state index in [9.17, 15) is 18.8 Å². The molecule has 204 valence electrons. The second-order valence-electron chi connectivity index (χ2n) is 10.2. The topological polar surface area (TPSA) is 119 Å². The maximum Gasteiger partial charge on any atom is 0.408 e. The molecule has 0 spiro atoms. The van der Waals surface area contributed by atoms with E-state index in [-0.39, 0.29) is 31.6 Å². The molecule has 1 aromatic heterocycles. The molecular weight excluding hydrogens is 491 g/mol. The number of anilines is 1. The molecule has 2 amide bonds. The average Bonchev–Trinajstić information content (AvgIpc) is 2.88. The third kappa shape index (κ3) is 6.99.